The van der Waals surface area contributed by atoms with Crippen LogP contribution in [0.2, 0.25) is 0 Å². The molecule has 0 aliphatic heterocycles. The molecule has 0 saturated heterocycles. The van der Waals surface area contributed by atoms with Crippen molar-refractivity contribution in [3.63, 3.8) is 0 Å². The average Bonchev–Trinajstić information content (AvgIpc) is 2.28. The predicted molar refractivity (Wildman–Crippen MR) is 73.5 cm³/mol. The monoisotopic (exact) mass is 316 g/mol. The maximum atomic E-state index is 13.1. The van der Waals surface area contributed by atoms with Crippen LogP contribution in [0.25, 0.3) is 0 Å². The lowest BCUT2D eigenvalue weighted by molar-refractivity contribution is -0.124. The first-order chi connectivity index (χ1) is 8.31. The van der Waals surface area contributed by atoms with Crippen molar-refractivity contribution in [2.24, 2.45) is 5.73 Å². The summed E-state index contributed by atoms with van der Waals surface area (Å²) in [6.45, 7) is 5.69. The van der Waals surface area contributed by atoms with Crippen molar-refractivity contribution in [2.45, 2.75) is 38.8 Å². The minimum absolute atomic E-state index is 0.124. The maximum Gasteiger partial charge on any atom is 0.242 e. The number of halogens is 2. The van der Waals surface area contributed by atoms with E-state index in [9.17, 15) is 9.18 Å². The summed E-state index contributed by atoms with van der Waals surface area (Å²) in [7, 11) is 0. The van der Waals surface area contributed by atoms with Gasteiger partial charge < -0.3 is 5.73 Å². The lowest BCUT2D eigenvalue weighted by Gasteiger charge is -2.32. The van der Waals surface area contributed by atoms with Crippen molar-refractivity contribution in [1.29, 1.82) is 0 Å². The normalized spacial score (nSPS) is 16.1. The lowest BCUT2D eigenvalue weighted by atomic mass is 9.90. The van der Waals surface area contributed by atoms with E-state index in [2.05, 4.69) is 21.2 Å². The molecule has 1 aromatic rings. The van der Waals surface area contributed by atoms with Crippen LogP contribution in [0.1, 0.15) is 32.8 Å². The zero-order valence-electron chi connectivity index (χ0n) is 10.8. The van der Waals surface area contributed by atoms with Crippen molar-refractivity contribution in [1.82, 2.24) is 5.32 Å². The highest BCUT2D eigenvalue weighted by molar-refractivity contribution is 9.10. The van der Waals surface area contributed by atoms with E-state index in [0.717, 1.165) is 6.42 Å². The van der Waals surface area contributed by atoms with Crippen molar-refractivity contribution in [3.8, 4) is 0 Å². The zero-order chi connectivity index (χ0) is 13.9. The molecule has 0 spiro atoms. The molecule has 2 atom stereocenters. The second-order valence-corrected chi connectivity index (χ2v) is 5.42. The molecule has 0 saturated carbocycles. The van der Waals surface area contributed by atoms with Crippen LogP contribution >= 0.6 is 15.9 Å². The summed E-state index contributed by atoms with van der Waals surface area (Å²) < 4.78 is 13.6. The third kappa shape index (κ3) is 3.09. The van der Waals surface area contributed by atoms with Crippen molar-refractivity contribution in [2.75, 3.05) is 0 Å². The minimum Gasteiger partial charge on any atom is -0.368 e. The van der Waals surface area contributed by atoms with Crippen LogP contribution < -0.4 is 11.1 Å². The first kappa shape index (κ1) is 15.1. The smallest absolute Gasteiger partial charge is 0.242 e. The Labute approximate surface area is 115 Å². The summed E-state index contributed by atoms with van der Waals surface area (Å²) in [5.74, 6) is -0.851. The van der Waals surface area contributed by atoms with Gasteiger partial charge in [-0.3, -0.25) is 10.1 Å². The summed E-state index contributed by atoms with van der Waals surface area (Å²) in [6.07, 6.45) is 0.863. The Bertz CT molecular complexity index is 453. The predicted octanol–water partition coefficient (Wildman–Crippen LogP) is 2.68. The summed E-state index contributed by atoms with van der Waals surface area (Å²) in [5, 5.41) is 3.19. The minimum atomic E-state index is -1.03. The highest BCUT2D eigenvalue weighted by atomic mass is 79.9. The average molecular weight is 317 g/mol. The third-order valence-corrected chi connectivity index (χ3v) is 3.77. The van der Waals surface area contributed by atoms with E-state index in [4.69, 9.17) is 5.73 Å². The number of hydrogen-bond acceptors (Lipinski definition) is 2. The van der Waals surface area contributed by atoms with Crippen LogP contribution in [0.3, 0.4) is 0 Å². The Morgan fingerprint density at radius 3 is 2.67 bits per heavy atom. The molecule has 0 aliphatic rings. The molecule has 0 fully saturated rings. The van der Waals surface area contributed by atoms with Gasteiger partial charge in [0, 0.05) is 10.5 Å². The molecular formula is C13H18BrFN2O. The van der Waals surface area contributed by atoms with E-state index in [1.807, 2.05) is 13.8 Å². The van der Waals surface area contributed by atoms with Gasteiger partial charge in [0.05, 0.1) is 0 Å². The van der Waals surface area contributed by atoms with Gasteiger partial charge in [-0.1, -0.05) is 28.9 Å². The number of rotatable bonds is 5. The highest BCUT2D eigenvalue weighted by Gasteiger charge is 2.35. The standard InChI is InChI=1S/C13H18BrFN2O/c1-4-8(2)17-13(3,12(16)18)10-6-5-9(15)7-11(10)14/h5-8,17H,4H2,1-3H3,(H2,16,18). The molecule has 1 aromatic carbocycles. The van der Waals surface area contributed by atoms with E-state index in [1.165, 1.54) is 12.1 Å². The number of primary amides is 1. The van der Waals surface area contributed by atoms with Gasteiger partial charge in [0.25, 0.3) is 0 Å². The molecule has 0 aliphatic carbocycles. The fourth-order valence-corrected chi connectivity index (χ4v) is 2.52. The lowest BCUT2D eigenvalue weighted by Crippen LogP contribution is -2.53. The Hall–Kier alpha value is -0.940. The van der Waals surface area contributed by atoms with Crippen molar-refractivity contribution >= 4 is 21.8 Å². The fraction of sp³-hybridized carbons (Fsp3) is 0.462. The van der Waals surface area contributed by atoms with Gasteiger partial charge in [0.15, 0.2) is 0 Å². The Morgan fingerprint density at radius 2 is 2.22 bits per heavy atom. The van der Waals surface area contributed by atoms with Crippen LogP contribution in [0, 0.1) is 5.82 Å². The fourth-order valence-electron chi connectivity index (χ4n) is 1.77. The third-order valence-electron chi connectivity index (χ3n) is 3.11. The number of carbonyl (C=O) groups excluding carboxylic acids is 1. The number of hydrogen-bond donors (Lipinski definition) is 2. The van der Waals surface area contributed by atoms with Crippen LogP contribution in [0.15, 0.2) is 22.7 Å². The first-order valence-corrected chi connectivity index (χ1v) is 6.63. The van der Waals surface area contributed by atoms with Gasteiger partial charge >= 0.3 is 0 Å². The highest BCUT2D eigenvalue weighted by Crippen LogP contribution is 2.29. The van der Waals surface area contributed by atoms with Crippen LogP contribution in [-0.4, -0.2) is 11.9 Å². The van der Waals surface area contributed by atoms with E-state index in [-0.39, 0.29) is 11.9 Å². The quantitative estimate of drug-likeness (QED) is 0.877. The van der Waals surface area contributed by atoms with E-state index in [0.29, 0.717) is 10.0 Å². The van der Waals surface area contributed by atoms with Crippen LogP contribution in [-0.2, 0) is 10.3 Å². The summed E-state index contributed by atoms with van der Waals surface area (Å²) >= 11 is 3.28. The van der Waals surface area contributed by atoms with Gasteiger partial charge in [-0.2, -0.15) is 0 Å². The van der Waals surface area contributed by atoms with Gasteiger partial charge in [0.2, 0.25) is 5.91 Å². The van der Waals surface area contributed by atoms with Crippen molar-refractivity contribution < 1.29 is 9.18 Å². The van der Waals surface area contributed by atoms with E-state index >= 15 is 0 Å². The topological polar surface area (TPSA) is 55.1 Å². The number of nitrogens with two attached hydrogens (primary N) is 1. The largest absolute Gasteiger partial charge is 0.368 e. The molecule has 1 amide bonds. The number of nitrogens with one attached hydrogen (secondary N) is 1. The zero-order valence-corrected chi connectivity index (χ0v) is 12.3. The van der Waals surface area contributed by atoms with Crippen LogP contribution in [0.4, 0.5) is 4.39 Å². The molecule has 1 rings (SSSR count). The Balaban J connectivity index is 3.22. The Kier molecular flexibility index (Phi) is 4.87. The van der Waals surface area contributed by atoms with Crippen LogP contribution in [0.5, 0.6) is 0 Å². The summed E-state index contributed by atoms with van der Waals surface area (Å²) in [6, 6.07) is 4.34. The number of carbonyl (C=O) groups is 1. The summed E-state index contributed by atoms with van der Waals surface area (Å²) in [5.41, 5.74) is 5.11. The molecule has 3 N–H and O–H groups in total. The van der Waals surface area contributed by atoms with E-state index in [1.54, 1.807) is 13.0 Å². The molecule has 0 aromatic heterocycles. The first-order valence-electron chi connectivity index (χ1n) is 5.84. The molecule has 0 bridgehead atoms. The van der Waals surface area contributed by atoms with Crippen molar-refractivity contribution in [3.05, 3.63) is 34.1 Å². The summed E-state index contributed by atoms with van der Waals surface area (Å²) in [4.78, 5) is 11.8. The molecule has 2 unspecified atom stereocenters. The second-order valence-electron chi connectivity index (χ2n) is 4.57. The molecule has 3 nitrogen and oxygen atoms in total. The van der Waals surface area contributed by atoms with E-state index < -0.39 is 11.4 Å². The molecular weight excluding hydrogens is 299 g/mol. The van der Waals surface area contributed by atoms with Gasteiger partial charge in [-0.25, -0.2) is 4.39 Å². The Morgan fingerprint density at radius 1 is 1.61 bits per heavy atom. The number of amides is 1. The molecule has 0 radical (unpaired) electrons. The number of benzene rings is 1. The second kappa shape index (κ2) is 5.80. The van der Waals surface area contributed by atoms with Gasteiger partial charge in [-0.15, -0.1) is 0 Å². The molecule has 5 heteroatoms. The maximum absolute atomic E-state index is 13.1. The molecule has 18 heavy (non-hydrogen) atoms. The van der Waals surface area contributed by atoms with Gasteiger partial charge in [-0.05, 0) is 38.0 Å². The molecule has 100 valence electrons. The van der Waals surface area contributed by atoms with Gasteiger partial charge in [0.1, 0.15) is 11.4 Å². The SMILES string of the molecule is CCC(C)NC(C)(C(N)=O)c1ccc(F)cc1Br. The molecule has 0 heterocycles.